The summed E-state index contributed by atoms with van der Waals surface area (Å²) in [6, 6.07) is 3.59. The van der Waals surface area contributed by atoms with Gasteiger partial charge in [0.15, 0.2) is 0 Å². The van der Waals surface area contributed by atoms with E-state index < -0.39 is 17.8 Å². The molecule has 1 unspecified atom stereocenters. The predicted octanol–water partition coefficient (Wildman–Crippen LogP) is 5.22. The van der Waals surface area contributed by atoms with E-state index in [4.69, 9.17) is 4.74 Å². The summed E-state index contributed by atoms with van der Waals surface area (Å²) in [5.41, 5.74) is -0.727. The fourth-order valence-corrected chi connectivity index (χ4v) is 3.56. The number of aromatic hydroxyl groups is 1. The van der Waals surface area contributed by atoms with Crippen molar-refractivity contribution in [3.05, 3.63) is 46.6 Å². The molecule has 0 saturated heterocycles. The Bertz CT molecular complexity index is 1050. The SMILES string of the molecule is CC(C)C1OC(=Nc2nccs2)c2c1nc1c(C(F)(F)F)cccc1c2O. The van der Waals surface area contributed by atoms with E-state index in [0.29, 0.717) is 5.13 Å². The van der Waals surface area contributed by atoms with Gasteiger partial charge in [-0.2, -0.15) is 18.2 Å². The first-order valence-corrected chi connectivity index (χ1v) is 9.03. The van der Waals surface area contributed by atoms with Crippen LogP contribution in [-0.4, -0.2) is 21.0 Å². The van der Waals surface area contributed by atoms with Crippen LogP contribution < -0.4 is 0 Å². The highest BCUT2D eigenvalue weighted by molar-refractivity contribution is 7.13. The van der Waals surface area contributed by atoms with Crippen molar-refractivity contribution in [3.8, 4) is 5.75 Å². The van der Waals surface area contributed by atoms with Crippen LogP contribution in [-0.2, 0) is 10.9 Å². The number of halogens is 3. The van der Waals surface area contributed by atoms with Gasteiger partial charge in [-0.3, -0.25) is 0 Å². The van der Waals surface area contributed by atoms with Crippen LogP contribution in [0.5, 0.6) is 5.75 Å². The van der Waals surface area contributed by atoms with E-state index in [2.05, 4.69) is 15.0 Å². The summed E-state index contributed by atoms with van der Waals surface area (Å²) in [4.78, 5) is 12.6. The summed E-state index contributed by atoms with van der Waals surface area (Å²) < 4.78 is 46.1. The number of aromatic nitrogens is 2. The molecule has 9 heteroatoms. The first-order chi connectivity index (χ1) is 12.8. The monoisotopic (exact) mass is 393 g/mol. The van der Waals surface area contributed by atoms with Crippen molar-refractivity contribution in [1.82, 2.24) is 9.97 Å². The molecule has 1 aliphatic heterocycles. The molecular formula is C18H14F3N3O2S. The lowest BCUT2D eigenvalue weighted by Crippen LogP contribution is -2.10. The van der Waals surface area contributed by atoms with E-state index in [-0.39, 0.29) is 39.7 Å². The molecule has 0 aliphatic carbocycles. The maximum atomic E-state index is 13.4. The molecule has 1 aliphatic rings. The van der Waals surface area contributed by atoms with Gasteiger partial charge in [0.1, 0.15) is 17.4 Å². The molecule has 27 heavy (non-hydrogen) atoms. The Kier molecular flexibility index (Phi) is 4.06. The van der Waals surface area contributed by atoms with Crippen LogP contribution in [0.3, 0.4) is 0 Å². The Morgan fingerprint density at radius 1 is 1.30 bits per heavy atom. The van der Waals surface area contributed by atoms with Crippen molar-refractivity contribution in [2.24, 2.45) is 10.9 Å². The van der Waals surface area contributed by atoms with Crippen molar-refractivity contribution < 1.29 is 23.0 Å². The van der Waals surface area contributed by atoms with Crippen LogP contribution in [0.25, 0.3) is 10.9 Å². The van der Waals surface area contributed by atoms with Gasteiger partial charge in [0.2, 0.25) is 11.0 Å². The van der Waals surface area contributed by atoms with Crippen molar-refractivity contribution >= 4 is 33.3 Å². The maximum Gasteiger partial charge on any atom is 0.418 e. The number of aliphatic imine (C=N–C) groups is 1. The second kappa shape index (κ2) is 6.19. The van der Waals surface area contributed by atoms with Gasteiger partial charge in [-0.05, 0) is 18.1 Å². The molecule has 4 rings (SSSR count). The van der Waals surface area contributed by atoms with Gasteiger partial charge >= 0.3 is 6.18 Å². The zero-order valence-electron chi connectivity index (χ0n) is 14.3. The summed E-state index contributed by atoms with van der Waals surface area (Å²) in [5, 5.41) is 12.9. The molecule has 0 spiro atoms. The number of fused-ring (bicyclic) bond motifs is 2. The number of hydrogen-bond donors (Lipinski definition) is 1. The minimum atomic E-state index is -4.59. The van der Waals surface area contributed by atoms with E-state index in [9.17, 15) is 18.3 Å². The summed E-state index contributed by atoms with van der Waals surface area (Å²) in [6.45, 7) is 3.72. The van der Waals surface area contributed by atoms with Gasteiger partial charge in [0.25, 0.3) is 0 Å². The fourth-order valence-electron chi connectivity index (χ4n) is 3.06. The van der Waals surface area contributed by atoms with Crippen molar-refractivity contribution in [3.63, 3.8) is 0 Å². The van der Waals surface area contributed by atoms with Gasteiger partial charge in [-0.1, -0.05) is 19.9 Å². The zero-order chi connectivity index (χ0) is 19.3. The number of nitrogens with zero attached hydrogens (tertiary/aromatic N) is 3. The Balaban J connectivity index is 2.02. The predicted molar refractivity (Wildman–Crippen MR) is 95.4 cm³/mol. The maximum absolute atomic E-state index is 13.4. The first-order valence-electron chi connectivity index (χ1n) is 8.15. The number of rotatable bonds is 2. The summed E-state index contributed by atoms with van der Waals surface area (Å²) in [5.74, 6) is -0.294. The van der Waals surface area contributed by atoms with Crippen LogP contribution in [0.4, 0.5) is 18.3 Å². The minimum absolute atomic E-state index is 0.00317. The lowest BCUT2D eigenvalue weighted by molar-refractivity contribution is -0.136. The highest BCUT2D eigenvalue weighted by atomic mass is 32.1. The molecule has 0 saturated carbocycles. The molecule has 3 aromatic rings. The fraction of sp³-hybridized carbons (Fsp3) is 0.278. The third-order valence-corrected chi connectivity index (χ3v) is 4.93. The van der Waals surface area contributed by atoms with Gasteiger partial charge in [0.05, 0.1) is 16.8 Å². The van der Waals surface area contributed by atoms with E-state index in [0.717, 1.165) is 6.07 Å². The standard InChI is InChI=1S/C18H14F3N3O2S/c1-8(2)15-13-11(16(26-15)24-17-22-6-7-27-17)14(25)9-4-3-5-10(12(9)23-13)18(19,20)21/h3-8,15H,1-2H3,(H,23,25). The topological polar surface area (TPSA) is 67.6 Å². The van der Waals surface area contributed by atoms with Crippen LogP contribution in [0.2, 0.25) is 0 Å². The van der Waals surface area contributed by atoms with E-state index in [1.165, 1.54) is 23.5 Å². The largest absolute Gasteiger partial charge is 0.506 e. The van der Waals surface area contributed by atoms with Crippen LogP contribution >= 0.6 is 11.3 Å². The lowest BCUT2D eigenvalue weighted by Gasteiger charge is -2.16. The minimum Gasteiger partial charge on any atom is -0.506 e. The first kappa shape index (κ1) is 17.7. The molecule has 140 valence electrons. The second-order valence-electron chi connectivity index (χ2n) is 6.43. The number of benzene rings is 1. The lowest BCUT2D eigenvalue weighted by atomic mass is 9.98. The van der Waals surface area contributed by atoms with E-state index in [1.807, 2.05) is 13.8 Å². The smallest absolute Gasteiger partial charge is 0.418 e. The number of ether oxygens (including phenoxy) is 1. The average Bonchev–Trinajstić information content (AvgIpc) is 3.22. The molecular weight excluding hydrogens is 379 g/mol. The van der Waals surface area contributed by atoms with Crippen LogP contribution in [0, 0.1) is 5.92 Å². The van der Waals surface area contributed by atoms with Crippen molar-refractivity contribution in [2.75, 3.05) is 0 Å². The number of hydrogen-bond acceptors (Lipinski definition) is 6. The van der Waals surface area contributed by atoms with Gasteiger partial charge in [-0.25, -0.2) is 9.97 Å². The molecule has 0 amide bonds. The van der Waals surface area contributed by atoms with Crippen molar-refractivity contribution in [2.45, 2.75) is 26.1 Å². The Morgan fingerprint density at radius 3 is 2.70 bits per heavy atom. The van der Waals surface area contributed by atoms with Gasteiger partial charge < -0.3 is 9.84 Å². The number of pyridine rings is 1. The summed E-state index contributed by atoms with van der Waals surface area (Å²) in [6.07, 6.45) is -3.62. The molecule has 1 N–H and O–H groups in total. The Hall–Kier alpha value is -2.68. The Labute approximate surface area is 156 Å². The number of para-hydroxylation sites is 1. The highest BCUT2D eigenvalue weighted by Gasteiger charge is 2.40. The summed E-state index contributed by atoms with van der Waals surface area (Å²) >= 11 is 1.28. The third-order valence-electron chi connectivity index (χ3n) is 4.27. The molecule has 1 atom stereocenters. The van der Waals surface area contributed by atoms with Crippen LogP contribution in [0.15, 0.2) is 34.8 Å². The van der Waals surface area contributed by atoms with E-state index in [1.54, 1.807) is 11.6 Å². The zero-order valence-corrected chi connectivity index (χ0v) is 15.1. The van der Waals surface area contributed by atoms with Gasteiger partial charge in [0, 0.05) is 17.0 Å². The van der Waals surface area contributed by atoms with E-state index >= 15 is 0 Å². The molecule has 3 heterocycles. The average molecular weight is 393 g/mol. The number of thiazole rings is 1. The quantitative estimate of drug-likeness (QED) is 0.648. The Morgan fingerprint density at radius 2 is 2.07 bits per heavy atom. The molecule has 5 nitrogen and oxygen atoms in total. The molecule has 2 aromatic heterocycles. The highest BCUT2D eigenvalue weighted by Crippen LogP contribution is 2.45. The normalized spacial score (nSPS) is 18.3. The van der Waals surface area contributed by atoms with Crippen molar-refractivity contribution in [1.29, 1.82) is 0 Å². The molecule has 0 fully saturated rings. The number of alkyl halides is 3. The molecule has 0 radical (unpaired) electrons. The molecule has 1 aromatic carbocycles. The van der Waals surface area contributed by atoms with Crippen LogP contribution in [0.1, 0.15) is 36.8 Å². The summed E-state index contributed by atoms with van der Waals surface area (Å²) in [7, 11) is 0. The van der Waals surface area contributed by atoms with Gasteiger partial charge in [-0.15, -0.1) is 11.3 Å². The third kappa shape index (κ3) is 2.91. The second-order valence-corrected chi connectivity index (χ2v) is 7.31. The molecule has 0 bridgehead atoms.